The lowest BCUT2D eigenvalue weighted by atomic mass is 10.2. The second kappa shape index (κ2) is 6.98. The first kappa shape index (κ1) is 15.9. The molecule has 0 fully saturated rings. The molecule has 0 heterocycles. The molecule has 0 radical (unpaired) electrons. The lowest BCUT2D eigenvalue weighted by Crippen LogP contribution is -2.01. The fraction of sp³-hybridized carbons (Fsp3) is 0.143. The molecule has 4 nitrogen and oxygen atoms in total. The molecule has 0 aliphatic heterocycles. The standard InChI is InChI=1S/C14H10Cl3NO3/c15-7-9-1-4-14(12(17)5-9)21-8-10-2-3-11(16)6-13(10)18(19)20/h1-6H,7-8H2. The largest absolute Gasteiger partial charge is 0.487 e. The Hall–Kier alpha value is -1.49. The van der Waals surface area contributed by atoms with E-state index in [0.29, 0.717) is 27.2 Å². The van der Waals surface area contributed by atoms with Crippen molar-refractivity contribution in [2.45, 2.75) is 12.5 Å². The summed E-state index contributed by atoms with van der Waals surface area (Å²) in [4.78, 5) is 10.5. The average molecular weight is 347 g/mol. The molecular formula is C14H10Cl3NO3. The van der Waals surface area contributed by atoms with Crippen molar-refractivity contribution < 1.29 is 9.66 Å². The highest BCUT2D eigenvalue weighted by Crippen LogP contribution is 2.29. The Bertz CT molecular complexity index is 677. The summed E-state index contributed by atoms with van der Waals surface area (Å²) in [5, 5.41) is 11.7. The molecular weight excluding hydrogens is 337 g/mol. The highest BCUT2D eigenvalue weighted by atomic mass is 35.5. The van der Waals surface area contributed by atoms with Gasteiger partial charge in [-0.1, -0.05) is 29.3 Å². The first-order chi connectivity index (χ1) is 10.0. The van der Waals surface area contributed by atoms with Gasteiger partial charge >= 0.3 is 0 Å². The van der Waals surface area contributed by atoms with Crippen LogP contribution >= 0.6 is 34.8 Å². The molecule has 0 spiro atoms. The highest BCUT2D eigenvalue weighted by molar-refractivity contribution is 6.32. The van der Waals surface area contributed by atoms with Crippen LogP contribution in [0.4, 0.5) is 5.69 Å². The maximum absolute atomic E-state index is 11.0. The Kier molecular flexibility index (Phi) is 5.28. The number of rotatable bonds is 5. The summed E-state index contributed by atoms with van der Waals surface area (Å²) in [5.74, 6) is 0.789. The van der Waals surface area contributed by atoms with Crippen LogP contribution in [0, 0.1) is 10.1 Å². The fourth-order valence-electron chi connectivity index (χ4n) is 1.73. The van der Waals surface area contributed by atoms with Crippen LogP contribution in [-0.2, 0) is 12.5 Å². The van der Waals surface area contributed by atoms with Crippen LogP contribution in [0.15, 0.2) is 36.4 Å². The van der Waals surface area contributed by atoms with Crippen LogP contribution in [0.1, 0.15) is 11.1 Å². The van der Waals surface area contributed by atoms with Gasteiger partial charge in [0.2, 0.25) is 0 Å². The van der Waals surface area contributed by atoms with E-state index in [1.165, 1.54) is 6.07 Å². The maximum atomic E-state index is 11.0. The third-order valence-electron chi connectivity index (χ3n) is 2.78. The second-order valence-corrected chi connectivity index (χ2v) is 5.33. The number of benzene rings is 2. The van der Waals surface area contributed by atoms with E-state index in [4.69, 9.17) is 39.5 Å². The molecule has 0 saturated heterocycles. The van der Waals surface area contributed by atoms with E-state index < -0.39 is 4.92 Å². The van der Waals surface area contributed by atoms with Crippen LogP contribution in [0.5, 0.6) is 5.75 Å². The molecule has 0 saturated carbocycles. The summed E-state index contributed by atoms with van der Waals surface area (Å²) < 4.78 is 5.53. The molecule has 0 amide bonds. The Morgan fingerprint density at radius 3 is 2.52 bits per heavy atom. The minimum absolute atomic E-state index is 0.0213. The topological polar surface area (TPSA) is 52.4 Å². The SMILES string of the molecule is O=[N+]([O-])c1cc(Cl)ccc1COc1ccc(CCl)cc1Cl. The lowest BCUT2D eigenvalue weighted by molar-refractivity contribution is -0.385. The molecule has 21 heavy (non-hydrogen) atoms. The van der Waals surface area contributed by atoms with E-state index in [2.05, 4.69) is 0 Å². The van der Waals surface area contributed by atoms with Crippen molar-refractivity contribution in [1.82, 2.24) is 0 Å². The van der Waals surface area contributed by atoms with E-state index in [1.54, 1.807) is 30.3 Å². The summed E-state index contributed by atoms with van der Waals surface area (Å²) in [7, 11) is 0. The van der Waals surface area contributed by atoms with Crippen molar-refractivity contribution in [3.05, 3.63) is 67.7 Å². The van der Waals surface area contributed by atoms with E-state index in [1.807, 2.05) is 0 Å². The summed E-state index contributed by atoms with van der Waals surface area (Å²) in [6.45, 7) is 0.0213. The number of ether oxygens (including phenoxy) is 1. The number of halogens is 3. The van der Waals surface area contributed by atoms with Gasteiger partial charge in [-0.3, -0.25) is 10.1 Å². The number of hydrogen-bond acceptors (Lipinski definition) is 3. The number of nitrogens with zero attached hydrogens (tertiary/aromatic N) is 1. The number of alkyl halides is 1. The predicted molar refractivity (Wildman–Crippen MR) is 83.4 cm³/mol. The quantitative estimate of drug-likeness (QED) is 0.424. The van der Waals surface area contributed by atoms with Gasteiger partial charge in [0.15, 0.2) is 0 Å². The van der Waals surface area contributed by atoms with Gasteiger partial charge in [0.1, 0.15) is 12.4 Å². The molecule has 2 aromatic rings. The summed E-state index contributed by atoms with van der Waals surface area (Å²) in [5.41, 5.74) is 1.20. The van der Waals surface area contributed by atoms with Gasteiger partial charge in [-0.2, -0.15) is 0 Å². The van der Waals surface area contributed by atoms with Gasteiger partial charge in [0.05, 0.1) is 15.5 Å². The number of nitro benzene ring substituents is 1. The zero-order valence-corrected chi connectivity index (χ0v) is 13.0. The molecule has 0 aromatic heterocycles. The van der Waals surface area contributed by atoms with Gasteiger partial charge in [-0.15, -0.1) is 11.6 Å². The minimum atomic E-state index is -0.497. The van der Waals surface area contributed by atoms with Gasteiger partial charge in [-0.05, 0) is 29.8 Å². The maximum Gasteiger partial charge on any atom is 0.277 e. The van der Waals surface area contributed by atoms with Gasteiger partial charge in [-0.25, -0.2) is 0 Å². The van der Waals surface area contributed by atoms with Crippen molar-refractivity contribution in [3.63, 3.8) is 0 Å². The van der Waals surface area contributed by atoms with E-state index in [9.17, 15) is 10.1 Å². The van der Waals surface area contributed by atoms with Gasteiger partial charge in [0, 0.05) is 17.0 Å². The third-order valence-corrected chi connectivity index (χ3v) is 3.62. The van der Waals surface area contributed by atoms with E-state index in [-0.39, 0.29) is 12.3 Å². The van der Waals surface area contributed by atoms with E-state index in [0.717, 1.165) is 5.56 Å². The van der Waals surface area contributed by atoms with Crippen LogP contribution in [0.25, 0.3) is 0 Å². The molecule has 7 heteroatoms. The van der Waals surface area contributed by atoms with Crippen LogP contribution < -0.4 is 4.74 Å². The van der Waals surface area contributed by atoms with Crippen LogP contribution in [0.3, 0.4) is 0 Å². The molecule has 2 aromatic carbocycles. The van der Waals surface area contributed by atoms with Gasteiger partial charge < -0.3 is 4.74 Å². The van der Waals surface area contributed by atoms with Crippen molar-refractivity contribution >= 4 is 40.5 Å². The average Bonchev–Trinajstić information content (AvgIpc) is 2.46. The van der Waals surface area contributed by atoms with E-state index >= 15 is 0 Å². The lowest BCUT2D eigenvalue weighted by Gasteiger charge is -2.09. The molecule has 0 aliphatic carbocycles. The molecule has 0 bridgehead atoms. The summed E-state index contributed by atoms with van der Waals surface area (Å²) >= 11 is 17.5. The highest BCUT2D eigenvalue weighted by Gasteiger charge is 2.15. The monoisotopic (exact) mass is 345 g/mol. The first-order valence-electron chi connectivity index (χ1n) is 5.91. The molecule has 0 atom stereocenters. The smallest absolute Gasteiger partial charge is 0.277 e. The van der Waals surface area contributed by atoms with Crippen molar-refractivity contribution in [2.75, 3.05) is 0 Å². The Morgan fingerprint density at radius 1 is 1.14 bits per heavy atom. The van der Waals surface area contributed by atoms with Crippen LogP contribution in [-0.4, -0.2) is 4.92 Å². The molecule has 2 rings (SSSR count). The minimum Gasteiger partial charge on any atom is -0.487 e. The van der Waals surface area contributed by atoms with Gasteiger partial charge in [0.25, 0.3) is 5.69 Å². The molecule has 110 valence electrons. The normalized spacial score (nSPS) is 10.4. The van der Waals surface area contributed by atoms with Crippen molar-refractivity contribution in [3.8, 4) is 5.75 Å². The molecule has 0 unspecified atom stereocenters. The number of hydrogen-bond donors (Lipinski definition) is 0. The first-order valence-corrected chi connectivity index (χ1v) is 7.20. The second-order valence-electron chi connectivity index (χ2n) is 4.22. The Balaban J connectivity index is 2.18. The fourth-order valence-corrected chi connectivity index (χ4v) is 2.32. The van der Waals surface area contributed by atoms with Crippen molar-refractivity contribution in [2.24, 2.45) is 0 Å². The van der Waals surface area contributed by atoms with Crippen LogP contribution in [0.2, 0.25) is 10.0 Å². The zero-order valence-electron chi connectivity index (χ0n) is 10.7. The van der Waals surface area contributed by atoms with Crippen molar-refractivity contribution in [1.29, 1.82) is 0 Å². The molecule has 0 aliphatic rings. The third kappa shape index (κ3) is 4.00. The summed E-state index contributed by atoms with van der Waals surface area (Å²) in [6, 6.07) is 9.58. The number of nitro groups is 1. The zero-order chi connectivity index (χ0) is 15.4. The molecule has 0 N–H and O–H groups in total. The Morgan fingerprint density at radius 2 is 1.90 bits per heavy atom. The summed E-state index contributed by atoms with van der Waals surface area (Å²) in [6.07, 6.45) is 0. The predicted octanol–water partition coefficient (Wildman–Crippen LogP) is 5.22. The Labute approximate surface area is 136 Å².